The topological polar surface area (TPSA) is 35.2 Å². The van der Waals surface area contributed by atoms with Crippen molar-refractivity contribution >= 4 is 5.69 Å². The Morgan fingerprint density at radius 2 is 2.09 bits per heavy atom. The van der Waals surface area contributed by atoms with Gasteiger partial charge in [0.2, 0.25) is 0 Å². The third-order valence-electron chi connectivity index (χ3n) is 1.38. The molecule has 0 aliphatic rings. The van der Waals surface area contributed by atoms with E-state index in [4.69, 9.17) is 10.5 Å². The average molecular weight is 151 g/mol. The first kappa shape index (κ1) is 7.92. The molecule has 0 atom stereocenters. The number of rotatable bonds is 3. The van der Waals surface area contributed by atoms with Gasteiger partial charge < -0.3 is 10.5 Å². The zero-order valence-electron chi connectivity index (χ0n) is 6.71. The predicted octanol–water partition coefficient (Wildman–Crippen LogP) is 2.06. The summed E-state index contributed by atoms with van der Waals surface area (Å²) >= 11 is 0. The van der Waals surface area contributed by atoms with Gasteiger partial charge in [0.25, 0.3) is 0 Å². The molecule has 0 saturated heterocycles. The molecule has 0 spiro atoms. The lowest BCUT2D eigenvalue weighted by Crippen LogP contribution is -1.98. The van der Waals surface area contributed by atoms with Gasteiger partial charge in [0.15, 0.2) is 0 Å². The Hall–Kier alpha value is -1.18. The van der Waals surface area contributed by atoms with E-state index in [2.05, 4.69) is 6.92 Å². The van der Waals surface area contributed by atoms with Gasteiger partial charge in [-0.15, -0.1) is 0 Å². The molecule has 0 radical (unpaired) electrons. The molecule has 0 aliphatic heterocycles. The fourth-order valence-corrected chi connectivity index (χ4v) is 0.824. The summed E-state index contributed by atoms with van der Waals surface area (Å²) in [6.45, 7) is 2.80. The minimum atomic E-state index is 0.709. The molecule has 0 amide bonds. The third-order valence-corrected chi connectivity index (χ3v) is 1.38. The molecule has 0 aliphatic carbocycles. The molecule has 2 nitrogen and oxygen atoms in total. The second-order valence-electron chi connectivity index (χ2n) is 2.39. The Labute approximate surface area is 67.0 Å². The van der Waals surface area contributed by atoms with Crippen molar-refractivity contribution in [3.63, 3.8) is 0 Å². The van der Waals surface area contributed by atoms with Crippen molar-refractivity contribution in [1.29, 1.82) is 0 Å². The van der Waals surface area contributed by atoms with Crippen molar-refractivity contribution in [2.45, 2.75) is 13.3 Å². The summed E-state index contributed by atoms with van der Waals surface area (Å²) in [6, 6.07) is 7.53. The Bertz CT molecular complexity index is 223. The van der Waals surface area contributed by atoms with E-state index in [0.717, 1.165) is 18.8 Å². The van der Waals surface area contributed by atoms with E-state index in [-0.39, 0.29) is 0 Å². The van der Waals surface area contributed by atoms with Gasteiger partial charge in [0.1, 0.15) is 5.75 Å². The lowest BCUT2D eigenvalue weighted by molar-refractivity contribution is 0.319. The fraction of sp³-hybridized carbons (Fsp3) is 0.333. The Kier molecular flexibility index (Phi) is 2.78. The molecule has 1 aromatic rings. The number of para-hydroxylation sites is 2. The highest BCUT2D eigenvalue weighted by Crippen LogP contribution is 2.19. The molecule has 0 fully saturated rings. The first-order valence-corrected chi connectivity index (χ1v) is 3.82. The molecule has 0 bridgehead atoms. The maximum Gasteiger partial charge on any atom is 0.142 e. The molecule has 0 saturated carbocycles. The second kappa shape index (κ2) is 3.86. The minimum Gasteiger partial charge on any atom is -0.491 e. The average Bonchev–Trinajstić information content (AvgIpc) is 2.03. The normalized spacial score (nSPS) is 9.55. The number of hydrogen-bond acceptors (Lipinski definition) is 2. The zero-order valence-corrected chi connectivity index (χ0v) is 6.71. The highest BCUT2D eigenvalue weighted by molar-refractivity contribution is 5.51. The number of nitrogens with two attached hydrogens (primary N) is 1. The van der Waals surface area contributed by atoms with Crippen LogP contribution in [0.2, 0.25) is 0 Å². The lowest BCUT2D eigenvalue weighted by Gasteiger charge is -2.05. The monoisotopic (exact) mass is 151 g/mol. The molecule has 2 heteroatoms. The van der Waals surface area contributed by atoms with E-state index in [1.807, 2.05) is 24.3 Å². The van der Waals surface area contributed by atoms with Crippen LogP contribution in [0.3, 0.4) is 0 Å². The molecular formula is C9H13NO. The van der Waals surface area contributed by atoms with Crippen LogP contribution in [0.15, 0.2) is 24.3 Å². The van der Waals surface area contributed by atoms with Crippen LogP contribution in [0.4, 0.5) is 5.69 Å². The zero-order chi connectivity index (χ0) is 8.10. The quantitative estimate of drug-likeness (QED) is 0.671. The number of hydrogen-bond donors (Lipinski definition) is 1. The number of nitrogen functional groups attached to an aromatic ring is 1. The first-order valence-electron chi connectivity index (χ1n) is 3.82. The van der Waals surface area contributed by atoms with E-state index < -0.39 is 0 Å². The molecule has 1 aromatic carbocycles. The van der Waals surface area contributed by atoms with Crippen LogP contribution in [-0.4, -0.2) is 6.61 Å². The summed E-state index contributed by atoms with van der Waals surface area (Å²) in [4.78, 5) is 0. The first-order chi connectivity index (χ1) is 5.34. The van der Waals surface area contributed by atoms with Crippen LogP contribution in [0.25, 0.3) is 0 Å². The van der Waals surface area contributed by atoms with Gasteiger partial charge in [-0.25, -0.2) is 0 Å². The predicted molar refractivity (Wildman–Crippen MR) is 46.6 cm³/mol. The highest BCUT2D eigenvalue weighted by Gasteiger charge is 1.95. The van der Waals surface area contributed by atoms with Gasteiger partial charge in [-0.05, 0) is 18.6 Å². The molecule has 2 N–H and O–H groups in total. The van der Waals surface area contributed by atoms with Gasteiger partial charge in [0, 0.05) is 0 Å². The Balaban J connectivity index is 2.62. The van der Waals surface area contributed by atoms with Crippen molar-refractivity contribution in [2.75, 3.05) is 12.3 Å². The van der Waals surface area contributed by atoms with Crippen LogP contribution in [0.5, 0.6) is 5.75 Å². The number of ether oxygens (including phenoxy) is 1. The van der Waals surface area contributed by atoms with Crippen molar-refractivity contribution in [3.8, 4) is 5.75 Å². The summed E-state index contributed by atoms with van der Waals surface area (Å²) in [5.74, 6) is 0.786. The van der Waals surface area contributed by atoms with Crippen molar-refractivity contribution in [1.82, 2.24) is 0 Å². The number of benzene rings is 1. The summed E-state index contributed by atoms with van der Waals surface area (Å²) in [5.41, 5.74) is 6.35. The fourth-order valence-electron chi connectivity index (χ4n) is 0.824. The van der Waals surface area contributed by atoms with E-state index in [9.17, 15) is 0 Å². The molecule has 0 aromatic heterocycles. The van der Waals surface area contributed by atoms with E-state index in [1.165, 1.54) is 0 Å². The van der Waals surface area contributed by atoms with E-state index >= 15 is 0 Å². The largest absolute Gasteiger partial charge is 0.491 e. The maximum absolute atomic E-state index is 5.64. The maximum atomic E-state index is 5.64. The van der Waals surface area contributed by atoms with Crippen LogP contribution in [0, 0.1) is 0 Å². The van der Waals surface area contributed by atoms with Crippen LogP contribution < -0.4 is 10.5 Å². The van der Waals surface area contributed by atoms with Gasteiger partial charge in [-0.3, -0.25) is 0 Å². The van der Waals surface area contributed by atoms with Gasteiger partial charge >= 0.3 is 0 Å². The van der Waals surface area contributed by atoms with Crippen molar-refractivity contribution < 1.29 is 4.74 Å². The van der Waals surface area contributed by atoms with Gasteiger partial charge in [-0.2, -0.15) is 0 Å². The Morgan fingerprint density at radius 1 is 1.36 bits per heavy atom. The van der Waals surface area contributed by atoms with Crippen LogP contribution >= 0.6 is 0 Å². The van der Waals surface area contributed by atoms with Crippen molar-refractivity contribution in [2.24, 2.45) is 0 Å². The summed E-state index contributed by atoms with van der Waals surface area (Å²) in [7, 11) is 0. The minimum absolute atomic E-state index is 0.709. The summed E-state index contributed by atoms with van der Waals surface area (Å²) in [5, 5.41) is 0. The molecule has 0 heterocycles. The van der Waals surface area contributed by atoms with Gasteiger partial charge in [-0.1, -0.05) is 19.1 Å². The molecular weight excluding hydrogens is 138 g/mol. The van der Waals surface area contributed by atoms with Crippen LogP contribution in [-0.2, 0) is 0 Å². The van der Waals surface area contributed by atoms with E-state index in [1.54, 1.807) is 0 Å². The van der Waals surface area contributed by atoms with Gasteiger partial charge in [0.05, 0.1) is 12.3 Å². The number of anilines is 1. The van der Waals surface area contributed by atoms with E-state index in [0.29, 0.717) is 5.69 Å². The SMILES string of the molecule is CCCOc1ccccc1N. The smallest absolute Gasteiger partial charge is 0.142 e. The van der Waals surface area contributed by atoms with Crippen LogP contribution in [0.1, 0.15) is 13.3 Å². The summed E-state index contributed by atoms with van der Waals surface area (Å²) < 4.78 is 5.36. The third kappa shape index (κ3) is 2.15. The second-order valence-corrected chi connectivity index (χ2v) is 2.39. The highest BCUT2D eigenvalue weighted by atomic mass is 16.5. The molecule has 0 unspecified atom stereocenters. The lowest BCUT2D eigenvalue weighted by atomic mass is 10.3. The molecule has 1 rings (SSSR count). The standard InChI is InChI=1S/C9H13NO/c1-2-7-11-9-6-4-3-5-8(9)10/h3-6H,2,7,10H2,1H3. The molecule has 60 valence electrons. The Morgan fingerprint density at radius 3 is 2.73 bits per heavy atom. The van der Waals surface area contributed by atoms with Crippen molar-refractivity contribution in [3.05, 3.63) is 24.3 Å². The summed E-state index contributed by atoms with van der Waals surface area (Å²) in [6.07, 6.45) is 1.01. The molecule has 11 heavy (non-hydrogen) atoms.